The van der Waals surface area contributed by atoms with E-state index in [2.05, 4.69) is 20.9 Å². The van der Waals surface area contributed by atoms with Gasteiger partial charge in [-0.15, -0.1) is 0 Å². The van der Waals surface area contributed by atoms with E-state index in [-0.39, 0.29) is 29.7 Å². The van der Waals surface area contributed by atoms with E-state index in [1.165, 1.54) is 6.92 Å². The molecule has 0 aliphatic heterocycles. The molecule has 3 N–H and O–H groups in total. The van der Waals surface area contributed by atoms with Crippen LogP contribution in [0.25, 0.3) is 0 Å². The molecule has 0 atom stereocenters. The Morgan fingerprint density at radius 1 is 1.07 bits per heavy atom. The number of amides is 3. The number of rotatable bonds is 6. The van der Waals surface area contributed by atoms with Crippen LogP contribution in [-0.4, -0.2) is 28.7 Å². The fourth-order valence-corrected chi connectivity index (χ4v) is 3.79. The zero-order valence-electron chi connectivity index (χ0n) is 17.4. The minimum absolute atomic E-state index is 0.0273. The summed E-state index contributed by atoms with van der Waals surface area (Å²) in [6, 6.07) is 10.9. The van der Waals surface area contributed by atoms with Crippen molar-refractivity contribution in [3.8, 4) is 0 Å². The summed E-state index contributed by atoms with van der Waals surface area (Å²) in [5, 5.41) is 8.76. The molecule has 0 unspecified atom stereocenters. The average Bonchev–Trinajstić information content (AvgIpc) is 2.73. The third kappa shape index (κ3) is 5.89. The lowest BCUT2D eigenvalue weighted by Crippen LogP contribution is -2.41. The molecule has 0 saturated heterocycles. The number of benzene rings is 1. The molecule has 2 aromatic rings. The van der Waals surface area contributed by atoms with Crippen LogP contribution >= 0.6 is 0 Å². The first-order chi connectivity index (χ1) is 14.4. The van der Waals surface area contributed by atoms with Gasteiger partial charge >= 0.3 is 0 Å². The first-order valence-electron chi connectivity index (χ1n) is 10.3. The van der Waals surface area contributed by atoms with Crippen LogP contribution in [0.1, 0.15) is 54.2 Å². The number of hydrogen-bond acceptors (Lipinski definition) is 4. The molecule has 1 aliphatic rings. The van der Waals surface area contributed by atoms with E-state index in [0.29, 0.717) is 17.8 Å². The summed E-state index contributed by atoms with van der Waals surface area (Å²) in [5.74, 6) is -0.243. The number of aromatic nitrogens is 1. The predicted octanol–water partition coefficient (Wildman–Crippen LogP) is 2.95. The molecule has 1 fully saturated rings. The molecular weight excluding hydrogens is 380 g/mol. The molecule has 3 rings (SSSR count). The van der Waals surface area contributed by atoms with Crippen LogP contribution in [0.5, 0.6) is 0 Å². The van der Waals surface area contributed by atoms with Crippen LogP contribution in [0, 0.1) is 12.8 Å². The molecule has 158 valence electrons. The summed E-state index contributed by atoms with van der Waals surface area (Å²) < 4.78 is 0. The summed E-state index contributed by atoms with van der Waals surface area (Å²) in [6.07, 6.45) is 4.76. The van der Waals surface area contributed by atoms with Crippen molar-refractivity contribution in [2.24, 2.45) is 5.92 Å². The van der Waals surface area contributed by atoms with Gasteiger partial charge < -0.3 is 16.0 Å². The zero-order chi connectivity index (χ0) is 21.5. The monoisotopic (exact) mass is 408 g/mol. The van der Waals surface area contributed by atoms with Crippen molar-refractivity contribution < 1.29 is 14.4 Å². The van der Waals surface area contributed by atoms with Crippen LogP contribution in [0.2, 0.25) is 0 Å². The van der Waals surface area contributed by atoms with Gasteiger partial charge in [-0.05, 0) is 68.5 Å². The minimum Gasteiger partial charge on any atom is -0.350 e. The maximum atomic E-state index is 12.7. The van der Waals surface area contributed by atoms with Crippen molar-refractivity contribution in [2.45, 2.75) is 52.1 Å². The number of nitrogens with one attached hydrogen (secondary N) is 3. The van der Waals surface area contributed by atoms with Crippen LogP contribution in [0.15, 0.2) is 42.6 Å². The van der Waals surface area contributed by atoms with Crippen LogP contribution < -0.4 is 16.0 Å². The SMILES string of the molecule is CC(=O)Nc1ccc(C(=O)NC2CCC(C(=O)NCc3ccccn3)CC2)c(C)c1. The molecule has 7 nitrogen and oxygen atoms in total. The number of carbonyl (C=O) groups is 3. The lowest BCUT2D eigenvalue weighted by atomic mass is 9.85. The molecule has 1 saturated carbocycles. The van der Waals surface area contributed by atoms with Gasteiger partial charge in [0.1, 0.15) is 0 Å². The number of carbonyl (C=O) groups excluding carboxylic acids is 3. The summed E-state index contributed by atoms with van der Waals surface area (Å²) >= 11 is 0. The fourth-order valence-electron chi connectivity index (χ4n) is 3.79. The van der Waals surface area contributed by atoms with Gasteiger partial charge in [0.15, 0.2) is 0 Å². The lowest BCUT2D eigenvalue weighted by Gasteiger charge is -2.28. The highest BCUT2D eigenvalue weighted by molar-refractivity contribution is 5.97. The van der Waals surface area contributed by atoms with Crippen molar-refractivity contribution in [3.05, 3.63) is 59.4 Å². The van der Waals surface area contributed by atoms with E-state index in [0.717, 1.165) is 36.9 Å². The molecule has 3 amide bonds. The number of nitrogens with zero attached hydrogens (tertiary/aromatic N) is 1. The first-order valence-corrected chi connectivity index (χ1v) is 10.3. The molecule has 0 bridgehead atoms. The molecule has 7 heteroatoms. The highest BCUT2D eigenvalue weighted by Gasteiger charge is 2.27. The number of aryl methyl sites for hydroxylation is 1. The topological polar surface area (TPSA) is 100 Å². The lowest BCUT2D eigenvalue weighted by molar-refractivity contribution is -0.126. The van der Waals surface area contributed by atoms with E-state index < -0.39 is 0 Å². The Bertz CT molecular complexity index is 906. The Hall–Kier alpha value is -3.22. The van der Waals surface area contributed by atoms with Gasteiger partial charge in [0.2, 0.25) is 11.8 Å². The van der Waals surface area contributed by atoms with Crippen LogP contribution in [0.3, 0.4) is 0 Å². The summed E-state index contributed by atoms with van der Waals surface area (Å²) in [7, 11) is 0. The summed E-state index contributed by atoms with van der Waals surface area (Å²) in [4.78, 5) is 40.5. The van der Waals surface area contributed by atoms with Gasteiger partial charge in [0.25, 0.3) is 5.91 Å². The van der Waals surface area contributed by atoms with E-state index in [1.807, 2.05) is 25.1 Å². The second kappa shape index (κ2) is 10.0. The Kier molecular flexibility index (Phi) is 7.17. The highest BCUT2D eigenvalue weighted by atomic mass is 16.2. The Labute approximate surface area is 176 Å². The van der Waals surface area contributed by atoms with Gasteiger partial charge in [-0.2, -0.15) is 0 Å². The molecule has 1 aromatic heterocycles. The first kappa shape index (κ1) is 21.5. The largest absolute Gasteiger partial charge is 0.350 e. The molecular formula is C23H28N4O3. The third-order valence-electron chi connectivity index (χ3n) is 5.39. The maximum absolute atomic E-state index is 12.7. The third-order valence-corrected chi connectivity index (χ3v) is 5.39. The van der Waals surface area contributed by atoms with Crippen LogP contribution in [-0.2, 0) is 16.1 Å². The van der Waals surface area contributed by atoms with Crippen molar-refractivity contribution in [3.63, 3.8) is 0 Å². The van der Waals surface area contributed by atoms with Gasteiger partial charge in [-0.3, -0.25) is 19.4 Å². The summed E-state index contributed by atoms with van der Waals surface area (Å²) in [5.41, 5.74) is 2.92. The highest BCUT2D eigenvalue weighted by Crippen LogP contribution is 2.25. The Balaban J connectivity index is 1.46. The number of hydrogen-bond donors (Lipinski definition) is 3. The minimum atomic E-state index is -0.146. The standard InChI is InChI=1S/C23H28N4O3/c1-15-13-19(26-16(2)28)10-11-21(15)23(30)27-18-8-6-17(7-9-18)22(29)25-14-20-5-3-4-12-24-20/h3-5,10-13,17-18H,6-9,14H2,1-2H3,(H,25,29)(H,26,28)(H,27,30). The Morgan fingerprint density at radius 3 is 2.47 bits per heavy atom. The number of anilines is 1. The molecule has 30 heavy (non-hydrogen) atoms. The molecule has 1 heterocycles. The average molecular weight is 409 g/mol. The zero-order valence-corrected chi connectivity index (χ0v) is 17.4. The van der Waals surface area contributed by atoms with Gasteiger partial charge in [-0.25, -0.2) is 0 Å². The van der Waals surface area contributed by atoms with Gasteiger partial charge in [0.05, 0.1) is 12.2 Å². The van der Waals surface area contributed by atoms with E-state index in [1.54, 1.807) is 24.4 Å². The molecule has 0 spiro atoms. The van der Waals surface area contributed by atoms with Gasteiger partial charge in [-0.1, -0.05) is 6.07 Å². The van der Waals surface area contributed by atoms with Crippen LogP contribution in [0.4, 0.5) is 5.69 Å². The van der Waals surface area contributed by atoms with Gasteiger partial charge in [0, 0.05) is 36.3 Å². The van der Waals surface area contributed by atoms with Crippen molar-refractivity contribution in [1.29, 1.82) is 0 Å². The normalized spacial score (nSPS) is 18.3. The quantitative estimate of drug-likeness (QED) is 0.684. The number of pyridine rings is 1. The predicted molar refractivity (Wildman–Crippen MR) is 115 cm³/mol. The molecule has 1 aromatic carbocycles. The maximum Gasteiger partial charge on any atom is 0.251 e. The van der Waals surface area contributed by atoms with Crippen molar-refractivity contribution >= 4 is 23.4 Å². The second-order valence-electron chi connectivity index (χ2n) is 7.77. The smallest absolute Gasteiger partial charge is 0.251 e. The fraction of sp³-hybridized carbons (Fsp3) is 0.391. The Morgan fingerprint density at radius 2 is 1.83 bits per heavy atom. The van der Waals surface area contributed by atoms with E-state index in [4.69, 9.17) is 0 Å². The molecule has 1 aliphatic carbocycles. The summed E-state index contributed by atoms with van der Waals surface area (Å²) in [6.45, 7) is 3.73. The van der Waals surface area contributed by atoms with E-state index >= 15 is 0 Å². The van der Waals surface area contributed by atoms with E-state index in [9.17, 15) is 14.4 Å². The second-order valence-corrected chi connectivity index (χ2v) is 7.77. The molecule has 0 radical (unpaired) electrons. The van der Waals surface area contributed by atoms with Crippen molar-refractivity contribution in [1.82, 2.24) is 15.6 Å². The van der Waals surface area contributed by atoms with Crippen molar-refractivity contribution in [2.75, 3.05) is 5.32 Å².